The van der Waals surface area contributed by atoms with Crippen molar-refractivity contribution in [3.05, 3.63) is 50.5 Å². The summed E-state index contributed by atoms with van der Waals surface area (Å²) in [6.45, 7) is 1.82. The Kier molecular flexibility index (Phi) is 3.70. The van der Waals surface area contributed by atoms with Gasteiger partial charge in [-0.1, -0.05) is 17.7 Å². The van der Waals surface area contributed by atoms with E-state index in [2.05, 4.69) is 15.6 Å². The van der Waals surface area contributed by atoms with Crippen molar-refractivity contribution in [2.45, 2.75) is 6.92 Å². The Morgan fingerprint density at radius 1 is 1.22 bits per heavy atom. The summed E-state index contributed by atoms with van der Waals surface area (Å²) < 4.78 is 1.30. The Balaban J connectivity index is 2.22. The predicted molar refractivity (Wildman–Crippen MR) is 88.1 cm³/mol. The molecule has 3 heterocycles. The smallest absolute Gasteiger partial charge is 0.266 e. The Labute approximate surface area is 140 Å². The molecule has 0 atom stereocenters. The van der Waals surface area contributed by atoms with Crippen LogP contribution in [0.25, 0.3) is 11.7 Å². The number of hydrogen-bond donors (Lipinski definition) is 2. The van der Waals surface area contributed by atoms with Crippen molar-refractivity contribution >= 4 is 52.5 Å². The number of pyridine rings is 1. The number of carbonyl (C=O) groups excluding carboxylic acids is 2. The molecule has 23 heavy (non-hydrogen) atoms. The molecule has 1 fully saturated rings. The number of amides is 2. The van der Waals surface area contributed by atoms with Crippen LogP contribution in [0.1, 0.15) is 11.1 Å². The van der Waals surface area contributed by atoms with E-state index < -0.39 is 17.4 Å². The lowest BCUT2D eigenvalue weighted by Gasteiger charge is -2.16. The van der Waals surface area contributed by atoms with Gasteiger partial charge in [0.1, 0.15) is 16.4 Å². The van der Waals surface area contributed by atoms with Crippen LogP contribution in [0, 0.1) is 6.92 Å². The van der Waals surface area contributed by atoms with E-state index in [0.717, 1.165) is 11.6 Å². The molecule has 2 N–H and O–H groups in total. The third-order valence-corrected chi connectivity index (χ3v) is 3.68. The van der Waals surface area contributed by atoms with Crippen LogP contribution in [-0.4, -0.2) is 26.3 Å². The molecule has 0 saturated carbocycles. The summed E-state index contributed by atoms with van der Waals surface area (Å²) in [7, 11) is 0. The van der Waals surface area contributed by atoms with Gasteiger partial charge in [0.05, 0.1) is 5.56 Å². The minimum absolute atomic E-state index is 0.0529. The molecular formula is C14H9ClN4O3S. The second-order valence-corrected chi connectivity index (χ2v) is 5.62. The SMILES string of the molecule is Cc1ccc2nc(Cl)c(C=C3C(=O)NC(=S)NC3=O)c(=O)n2c1. The minimum atomic E-state index is -0.705. The van der Waals surface area contributed by atoms with Crippen molar-refractivity contribution in [2.75, 3.05) is 0 Å². The van der Waals surface area contributed by atoms with Crippen molar-refractivity contribution < 1.29 is 9.59 Å². The number of carbonyl (C=O) groups is 2. The summed E-state index contributed by atoms with van der Waals surface area (Å²) in [5, 5.41) is 4.38. The van der Waals surface area contributed by atoms with Crippen LogP contribution in [0.3, 0.4) is 0 Å². The van der Waals surface area contributed by atoms with Gasteiger partial charge in [-0.2, -0.15) is 0 Å². The third kappa shape index (κ3) is 2.73. The fourth-order valence-corrected chi connectivity index (χ4v) is 2.51. The maximum atomic E-state index is 12.6. The first-order valence-corrected chi connectivity index (χ1v) is 7.22. The van der Waals surface area contributed by atoms with Crippen LogP contribution in [0.4, 0.5) is 0 Å². The molecule has 9 heteroatoms. The summed E-state index contributed by atoms with van der Waals surface area (Å²) in [5.74, 6) is -1.41. The van der Waals surface area contributed by atoms with Crippen molar-refractivity contribution in [3.8, 4) is 0 Å². The van der Waals surface area contributed by atoms with Crippen molar-refractivity contribution in [1.29, 1.82) is 0 Å². The molecule has 0 aliphatic carbocycles. The molecule has 1 aliphatic rings. The van der Waals surface area contributed by atoms with E-state index >= 15 is 0 Å². The van der Waals surface area contributed by atoms with E-state index in [4.69, 9.17) is 23.8 Å². The van der Waals surface area contributed by atoms with Gasteiger partial charge in [-0.3, -0.25) is 29.4 Å². The maximum absolute atomic E-state index is 12.6. The second kappa shape index (κ2) is 5.56. The first kappa shape index (κ1) is 15.3. The summed E-state index contributed by atoms with van der Waals surface area (Å²) in [4.78, 5) is 40.4. The first-order chi connectivity index (χ1) is 10.9. The summed E-state index contributed by atoms with van der Waals surface area (Å²) in [6, 6.07) is 3.44. The number of aryl methyl sites for hydroxylation is 1. The molecule has 2 aromatic rings. The van der Waals surface area contributed by atoms with Crippen molar-refractivity contribution in [3.63, 3.8) is 0 Å². The molecule has 7 nitrogen and oxygen atoms in total. The van der Waals surface area contributed by atoms with Gasteiger partial charge in [0.25, 0.3) is 17.4 Å². The topological polar surface area (TPSA) is 92.6 Å². The average molecular weight is 349 g/mol. The monoisotopic (exact) mass is 348 g/mol. The fourth-order valence-electron chi connectivity index (χ4n) is 2.10. The standard InChI is InChI=1S/C14H9ClN4O3S/c1-6-2-3-9-16-10(15)7(13(22)19(9)5-6)4-8-11(20)17-14(23)18-12(8)21/h2-5H,1H3,(H2,17,18,20,21,23). The molecular weight excluding hydrogens is 340 g/mol. The Bertz CT molecular complexity index is 958. The van der Waals surface area contributed by atoms with E-state index in [1.807, 2.05) is 6.92 Å². The van der Waals surface area contributed by atoms with E-state index in [-0.39, 0.29) is 21.4 Å². The molecule has 1 aliphatic heterocycles. The second-order valence-electron chi connectivity index (χ2n) is 4.85. The summed E-state index contributed by atoms with van der Waals surface area (Å²) >= 11 is 10.7. The van der Waals surface area contributed by atoms with Gasteiger partial charge >= 0.3 is 0 Å². The quantitative estimate of drug-likeness (QED) is 0.340. The Hall–Kier alpha value is -2.58. The molecule has 1 saturated heterocycles. The van der Waals surface area contributed by atoms with Crippen LogP contribution < -0.4 is 16.2 Å². The van der Waals surface area contributed by atoms with Gasteiger partial charge in [-0.15, -0.1) is 0 Å². The number of fused-ring (bicyclic) bond motifs is 1. The lowest BCUT2D eigenvalue weighted by atomic mass is 10.1. The number of nitrogens with zero attached hydrogens (tertiary/aromatic N) is 2. The average Bonchev–Trinajstić information content (AvgIpc) is 2.46. The zero-order chi connectivity index (χ0) is 16.7. The van der Waals surface area contributed by atoms with Gasteiger partial charge in [0.15, 0.2) is 5.11 Å². The van der Waals surface area contributed by atoms with Crippen LogP contribution in [0.5, 0.6) is 0 Å². The fraction of sp³-hybridized carbons (Fsp3) is 0.0714. The first-order valence-electron chi connectivity index (χ1n) is 6.43. The summed E-state index contributed by atoms with van der Waals surface area (Å²) in [6.07, 6.45) is 2.71. The van der Waals surface area contributed by atoms with Gasteiger partial charge in [0, 0.05) is 6.20 Å². The van der Waals surface area contributed by atoms with E-state index in [0.29, 0.717) is 5.65 Å². The van der Waals surface area contributed by atoms with Crippen LogP contribution >= 0.6 is 23.8 Å². The number of aromatic nitrogens is 2. The largest absolute Gasteiger partial charge is 0.299 e. The molecule has 0 radical (unpaired) electrons. The maximum Gasteiger partial charge on any atom is 0.266 e. The van der Waals surface area contributed by atoms with Crippen molar-refractivity contribution in [1.82, 2.24) is 20.0 Å². The molecule has 0 spiro atoms. The third-order valence-electron chi connectivity index (χ3n) is 3.19. The molecule has 3 rings (SSSR count). The van der Waals surface area contributed by atoms with E-state index in [9.17, 15) is 14.4 Å². The Morgan fingerprint density at radius 2 is 1.87 bits per heavy atom. The van der Waals surface area contributed by atoms with Gasteiger partial charge < -0.3 is 0 Å². The number of thiocarbonyl (C=S) groups is 1. The molecule has 0 bridgehead atoms. The number of nitrogens with one attached hydrogen (secondary N) is 2. The normalized spacial score (nSPS) is 14.7. The zero-order valence-electron chi connectivity index (χ0n) is 11.7. The lowest BCUT2D eigenvalue weighted by molar-refractivity contribution is -0.123. The highest BCUT2D eigenvalue weighted by atomic mass is 35.5. The van der Waals surface area contributed by atoms with Crippen molar-refractivity contribution in [2.24, 2.45) is 0 Å². The van der Waals surface area contributed by atoms with E-state index in [1.165, 1.54) is 4.40 Å². The van der Waals surface area contributed by atoms with E-state index in [1.54, 1.807) is 18.3 Å². The van der Waals surface area contributed by atoms with Gasteiger partial charge in [0.2, 0.25) is 0 Å². The molecule has 2 amide bonds. The molecule has 0 aromatic carbocycles. The lowest BCUT2D eigenvalue weighted by Crippen LogP contribution is -2.51. The van der Waals surface area contributed by atoms with Gasteiger partial charge in [-0.05, 0) is 36.8 Å². The van der Waals surface area contributed by atoms with Crippen LogP contribution in [-0.2, 0) is 9.59 Å². The molecule has 0 unspecified atom stereocenters. The number of hydrogen-bond acceptors (Lipinski definition) is 5. The summed E-state index contributed by atoms with van der Waals surface area (Å²) in [5.41, 5.74) is 0.409. The highest BCUT2D eigenvalue weighted by Gasteiger charge is 2.26. The van der Waals surface area contributed by atoms with Crippen LogP contribution in [0.2, 0.25) is 5.15 Å². The number of halogens is 1. The Morgan fingerprint density at radius 3 is 2.52 bits per heavy atom. The number of rotatable bonds is 1. The minimum Gasteiger partial charge on any atom is -0.299 e. The highest BCUT2D eigenvalue weighted by molar-refractivity contribution is 7.80. The predicted octanol–water partition coefficient (Wildman–Crippen LogP) is 0.571. The van der Waals surface area contributed by atoms with Crippen LogP contribution in [0.15, 0.2) is 28.7 Å². The molecule has 116 valence electrons. The zero-order valence-corrected chi connectivity index (χ0v) is 13.3. The molecule has 2 aromatic heterocycles. The van der Waals surface area contributed by atoms with Gasteiger partial charge in [-0.25, -0.2) is 4.98 Å². The highest BCUT2D eigenvalue weighted by Crippen LogP contribution is 2.16.